The molecule has 5 heteroatoms. The molecule has 152 valence electrons. The Morgan fingerprint density at radius 2 is 1.63 bits per heavy atom. The van der Waals surface area contributed by atoms with Gasteiger partial charge < -0.3 is 15.0 Å². The molecule has 0 unspecified atom stereocenters. The first-order chi connectivity index (χ1) is 14.5. The van der Waals surface area contributed by atoms with Crippen LogP contribution in [-0.2, 0) is 9.59 Å². The molecule has 3 aromatic carbocycles. The predicted molar refractivity (Wildman–Crippen MR) is 118 cm³/mol. The number of nitrogens with one attached hydrogen (secondary N) is 1. The van der Waals surface area contributed by atoms with E-state index in [1.54, 1.807) is 17.0 Å². The lowest BCUT2D eigenvalue weighted by atomic mass is 10.1. The molecular weight excluding hydrogens is 376 g/mol. The van der Waals surface area contributed by atoms with Crippen LogP contribution in [0.15, 0.2) is 72.8 Å². The number of hydrogen-bond donors (Lipinski definition) is 1. The largest absolute Gasteiger partial charge is 0.457 e. The van der Waals surface area contributed by atoms with Gasteiger partial charge in [0.2, 0.25) is 11.8 Å². The number of nitrogens with zero attached hydrogens (tertiary/aromatic N) is 1. The number of carbonyl (C=O) groups excluding carboxylic acids is 2. The van der Waals surface area contributed by atoms with Gasteiger partial charge in [-0.15, -0.1) is 0 Å². The van der Waals surface area contributed by atoms with Gasteiger partial charge in [-0.2, -0.15) is 0 Å². The van der Waals surface area contributed by atoms with E-state index in [9.17, 15) is 9.59 Å². The molecule has 0 saturated carbocycles. The highest BCUT2D eigenvalue weighted by Gasteiger charge is 2.35. The van der Waals surface area contributed by atoms with Gasteiger partial charge in [-0.1, -0.05) is 24.3 Å². The fraction of sp³-hybridized carbons (Fsp3) is 0.200. The van der Waals surface area contributed by atoms with Crippen LogP contribution in [0, 0.1) is 19.8 Å². The molecule has 1 heterocycles. The average molecular weight is 400 g/mol. The molecule has 3 aromatic rings. The Labute approximate surface area is 176 Å². The van der Waals surface area contributed by atoms with Crippen LogP contribution >= 0.6 is 0 Å². The number of hydrogen-bond acceptors (Lipinski definition) is 3. The van der Waals surface area contributed by atoms with Gasteiger partial charge in [0.25, 0.3) is 0 Å². The zero-order valence-corrected chi connectivity index (χ0v) is 17.1. The first-order valence-electron chi connectivity index (χ1n) is 10.0. The second kappa shape index (κ2) is 8.41. The van der Waals surface area contributed by atoms with Crippen molar-refractivity contribution in [3.05, 3.63) is 83.9 Å². The van der Waals surface area contributed by atoms with E-state index in [1.807, 2.05) is 74.5 Å². The molecule has 0 aromatic heterocycles. The molecule has 0 spiro atoms. The number of carbonyl (C=O) groups is 2. The Balaban J connectivity index is 1.37. The average Bonchev–Trinajstić information content (AvgIpc) is 3.11. The molecule has 30 heavy (non-hydrogen) atoms. The van der Waals surface area contributed by atoms with Gasteiger partial charge in [0.1, 0.15) is 11.5 Å². The lowest BCUT2D eigenvalue weighted by Crippen LogP contribution is -2.28. The number of aryl methyl sites for hydroxylation is 2. The molecule has 0 bridgehead atoms. The van der Waals surface area contributed by atoms with Crippen LogP contribution in [0.25, 0.3) is 0 Å². The number of amides is 2. The van der Waals surface area contributed by atoms with Gasteiger partial charge in [0, 0.05) is 24.3 Å². The Morgan fingerprint density at radius 3 is 2.33 bits per heavy atom. The molecule has 1 fully saturated rings. The fourth-order valence-corrected chi connectivity index (χ4v) is 3.59. The zero-order chi connectivity index (χ0) is 21.1. The van der Waals surface area contributed by atoms with Crippen LogP contribution < -0.4 is 15.0 Å². The van der Waals surface area contributed by atoms with Crippen molar-refractivity contribution >= 4 is 23.2 Å². The maximum absolute atomic E-state index is 12.7. The Kier molecular flexibility index (Phi) is 5.53. The summed E-state index contributed by atoms with van der Waals surface area (Å²) in [5.74, 6) is 0.919. The monoisotopic (exact) mass is 400 g/mol. The molecule has 2 amide bonds. The van der Waals surface area contributed by atoms with Crippen molar-refractivity contribution in [3.63, 3.8) is 0 Å². The van der Waals surface area contributed by atoms with Gasteiger partial charge in [0.05, 0.1) is 5.92 Å². The summed E-state index contributed by atoms with van der Waals surface area (Å²) in [5, 5.41) is 2.91. The number of benzene rings is 3. The topological polar surface area (TPSA) is 58.6 Å². The zero-order valence-electron chi connectivity index (χ0n) is 17.1. The van der Waals surface area contributed by atoms with Crippen molar-refractivity contribution in [2.75, 3.05) is 16.8 Å². The van der Waals surface area contributed by atoms with E-state index in [-0.39, 0.29) is 24.2 Å². The third kappa shape index (κ3) is 4.51. The van der Waals surface area contributed by atoms with Gasteiger partial charge in [-0.3, -0.25) is 9.59 Å². The molecular formula is C25H24N2O3. The normalized spacial score (nSPS) is 15.9. The number of rotatable bonds is 5. The van der Waals surface area contributed by atoms with E-state index < -0.39 is 0 Å². The lowest BCUT2D eigenvalue weighted by Gasteiger charge is -2.17. The van der Waals surface area contributed by atoms with Crippen molar-refractivity contribution < 1.29 is 14.3 Å². The van der Waals surface area contributed by atoms with Gasteiger partial charge in [-0.25, -0.2) is 0 Å². The maximum atomic E-state index is 12.7. The van der Waals surface area contributed by atoms with Crippen molar-refractivity contribution in [2.24, 2.45) is 5.92 Å². The van der Waals surface area contributed by atoms with Crippen molar-refractivity contribution in [3.8, 4) is 11.5 Å². The van der Waals surface area contributed by atoms with E-state index in [2.05, 4.69) is 5.32 Å². The first kappa shape index (κ1) is 19.7. The Morgan fingerprint density at radius 1 is 0.933 bits per heavy atom. The molecule has 4 rings (SSSR count). The summed E-state index contributed by atoms with van der Waals surface area (Å²) in [4.78, 5) is 26.8. The van der Waals surface area contributed by atoms with E-state index in [4.69, 9.17) is 4.74 Å². The first-order valence-corrected chi connectivity index (χ1v) is 10.0. The smallest absolute Gasteiger partial charge is 0.229 e. The molecule has 1 saturated heterocycles. The number of ether oxygens (including phenoxy) is 1. The highest BCUT2D eigenvalue weighted by Crippen LogP contribution is 2.28. The third-order valence-electron chi connectivity index (χ3n) is 5.16. The van der Waals surface area contributed by atoms with Crippen molar-refractivity contribution in [2.45, 2.75) is 20.3 Å². The third-order valence-corrected chi connectivity index (χ3v) is 5.16. The van der Waals surface area contributed by atoms with Crippen LogP contribution in [0.1, 0.15) is 17.5 Å². The minimum Gasteiger partial charge on any atom is -0.457 e. The second-order valence-electron chi connectivity index (χ2n) is 7.68. The Hall–Kier alpha value is -3.60. The predicted octanol–water partition coefficient (Wildman–Crippen LogP) is 5.09. The minimum atomic E-state index is -0.374. The van der Waals surface area contributed by atoms with Crippen molar-refractivity contribution in [1.29, 1.82) is 0 Å². The summed E-state index contributed by atoms with van der Waals surface area (Å²) < 4.78 is 5.84. The maximum Gasteiger partial charge on any atom is 0.229 e. The van der Waals surface area contributed by atoms with Gasteiger partial charge in [0.15, 0.2) is 0 Å². The lowest BCUT2D eigenvalue weighted by molar-refractivity contribution is -0.122. The highest BCUT2D eigenvalue weighted by molar-refractivity contribution is 6.03. The van der Waals surface area contributed by atoms with E-state index in [1.165, 1.54) is 0 Å². The highest BCUT2D eigenvalue weighted by atomic mass is 16.5. The van der Waals surface area contributed by atoms with Crippen LogP contribution in [0.2, 0.25) is 0 Å². The molecule has 1 N–H and O–H groups in total. The van der Waals surface area contributed by atoms with E-state index in [0.29, 0.717) is 18.0 Å². The summed E-state index contributed by atoms with van der Waals surface area (Å²) in [6.07, 6.45) is 0.217. The molecule has 5 nitrogen and oxygen atoms in total. The number of anilines is 2. The SMILES string of the molecule is Cc1cccc(Oc2ccc(NC(=O)[C@@H]3CC(=O)N(c4cccc(C)c4)C3)cc2)c1. The quantitative estimate of drug-likeness (QED) is 0.649. The summed E-state index contributed by atoms with van der Waals surface area (Å²) in [7, 11) is 0. The molecule has 0 radical (unpaired) electrons. The summed E-state index contributed by atoms with van der Waals surface area (Å²) in [6.45, 7) is 4.39. The summed E-state index contributed by atoms with van der Waals surface area (Å²) >= 11 is 0. The summed E-state index contributed by atoms with van der Waals surface area (Å²) in [6, 6.07) is 22.8. The summed E-state index contributed by atoms with van der Waals surface area (Å²) in [5.41, 5.74) is 3.73. The molecule has 1 aliphatic heterocycles. The van der Waals surface area contributed by atoms with Crippen LogP contribution in [0.5, 0.6) is 11.5 Å². The molecule has 1 atom stereocenters. The molecule has 1 aliphatic rings. The van der Waals surface area contributed by atoms with Gasteiger partial charge in [-0.05, 0) is 73.5 Å². The van der Waals surface area contributed by atoms with Crippen LogP contribution in [0.3, 0.4) is 0 Å². The van der Waals surface area contributed by atoms with Crippen LogP contribution in [-0.4, -0.2) is 18.4 Å². The second-order valence-corrected chi connectivity index (χ2v) is 7.68. The van der Waals surface area contributed by atoms with E-state index in [0.717, 1.165) is 22.6 Å². The van der Waals surface area contributed by atoms with Gasteiger partial charge >= 0.3 is 0 Å². The van der Waals surface area contributed by atoms with E-state index >= 15 is 0 Å². The molecule has 0 aliphatic carbocycles. The van der Waals surface area contributed by atoms with Crippen molar-refractivity contribution in [1.82, 2.24) is 0 Å². The minimum absolute atomic E-state index is 0.0253. The van der Waals surface area contributed by atoms with Crippen LogP contribution in [0.4, 0.5) is 11.4 Å². The fourth-order valence-electron chi connectivity index (χ4n) is 3.59. The standard InChI is InChI=1S/C25H24N2O3/c1-17-5-3-7-21(13-17)27-16-19(15-24(27)28)25(29)26-20-9-11-22(12-10-20)30-23-8-4-6-18(2)14-23/h3-14,19H,15-16H2,1-2H3,(H,26,29)/t19-/m1/s1. The Bertz CT molecular complexity index is 1080.